The first-order chi connectivity index (χ1) is 20.5. The summed E-state index contributed by atoms with van der Waals surface area (Å²) in [6, 6.07) is 7.55. The summed E-state index contributed by atoms with van der Waals surface area (Å²) in [5, 5.41) is 32.9. The van der Waals surface area contributed by atoms with Crippen LogP contribution in [0, 0.1) is 16.0 Å². The summed E-state index contributed by atoms with van der Waals surface area (Å²) in [7, 11) is 0. The van der Waals surface area contributed by atoms with E-state index in [1.807, 2.05) is 0 Å². The Labute approximate surface area is 252 Å². The summed E-state index contributed by atoms with van der Waals surface area (Å²) in [4.78, 5) is 27.6. The summed E-state index contributed by atoms with van der Waals surface area (Å²) in [6.45, 7) is -3.50. The lowest BCUT2D eigenvalue weighted by Gasteiger charge is -2.22. The molecule has 2 heterocycles. The summed E-state index contributed by atoms with van der Waals surface area (Å²) in [6.07, 6.45) is 3.43. The number of rotatable bonds is 12. The van der Waals surface area contributed by atoms with Crippen molar-refractivity contribution in [1.29, 1.82) is 0 Å². The third-order valence-electron chi connectivity index (χ3n) is 6.84. The van der Waals surface area contributed by atoms with Crippen LogP contribution >= 0.6 is 23.2 Å². The van der Waals surface area contributed by atoms with Crippen LogP contribution in [0.1, 0.15) is 30.1 Å². The number of ether oxygens (including phenoxy) is 3. The molecule has 43 heavy (non-hydrogen) atoms. The molecule has 4 aromatic rings. The van der Waals surface area contributed by atoms with E-state index >= 15 is 0 Å². The zero-order chi connectivity index (χ0) is 30.8. The molecule has 0 saturated heterocycles. The minimum atomic E-state index is -3.10. The summed E-state index contributed by atoms with van der Waals surface area (Å²) in [5.41, 5.74) is 0.383. The van der Waals surface area contributed by atoms with Crippen molar-refractivity contribution in [3.8, 4) is 23.3 Å². The maximum absolute atomic E-state index is 13.2. The van der Waals surface area contributed by atoms with E-state index in [0.29, 0.717) is 17.0 Å². The number of hydrogen-bond donors (Lipinski definition) is 2. The predicted octanol–water partition coefficient (Wildman–Crippen LogP) is 6.58. The molecule has 1 aliphatic rings. The molecular weight excluding hydrogens is 615 g/mol. The van der Waals surface area contributed by atoms with Crippen molar-refractivity contribution in [3.63, 3.8) is 0 Å². The Morgan fingerprint density at radius 3 is 2.42 bits per heavy atom. The predicted molar refractivity (Wildman–Crippen MR) is 150 cm³/mol. The van der Waals surface area contributed by atoms with Crippen molar-refractivity contribution in [2.45, 2.75) is 38.5 Å². The highest BCUT2D eigenvalue weighted by atomic mass is 35.5. The van der Waals surface area contributed by atoms with Gasteiger partial charge in [0.15, 0.2) is 11.5 Å². The van der Waals surface area contributed by atoms with Gasteiger partial charge in [-0.3, -0.25) is 24.5 Å². The molecule has 5 rings (SSSR count). The smallest absolute Gasteiger partial charge is 0.387 e. The number of aromatic nitrogens is 2. The number of benzene rings is 2. The highest BCUT2D eigenvalue weighted by molar-refractivity contribution is 6.35. The second-order valence-corrected chi connectivity index (χ2v) is 10.6. The van der Waals surface area contributed by atoms with Gasteiger partial charge in [0.1, 0.15) is 12.6 Å². The number of esters is 1. The molecule has 11 nitrogen and oxygen atoms in total. The normalized spacial score (nSPS) is 13.7. The molecular formula is C28H23Cl2F2N3O8. The number of aromatic hydroxyl groups is 2. The largest absolute Gasteiger partial charge is 0.494 e. The van der Waals surface area contributed by atoms with Crippen molar-refractivity contribution in [2.75, 3.05) is 6.61 Å². The number of nitrogens with zero attached hydrogens (tertiary/aromatic N) is 3. The molecule has 1 saturated carbocycles. The average Bonchev–Trinajstić information content (AvgIpc) is 3.76. The van der Waals surface area contributed by atoms with Crippen LogP contribution in [0.5, 0.6) is 23.3 Å². The third kappa shape index (κ3) is 6.83. The maximum atomic E-state index is 13.2. The van der Waals surface area contributed by atoms with Crippen molar-refractivity contribution in [2.24, 2.45) is 5.92 Å². The Kier molecular flexibility index (Phi) is 8.74. The summed E-state index contributed by atoms with van der Waals surface area (Å²) >= 11 is 12.6. The minimum absolute atomic E-state index is 0.0196. The third-order valence-corrected chi connectivity index (χ3v) is 7.49. The van der Waals surface area contributed by atoms with Gasteiger partial charge in [-0.05, 0) is 48.1 Å². The summed E-state index contributed by atoms with van der Waals surface area (Å²) < 4.78 is 43.1. The molecule has 15 heteroatoms. The number of nitro groups is 1. The van der Waals surface area contributed by atoms with E-state index in [1.165, 1.54) is 36.7 Å². The van der Waals surface area contributed by atoms with Gasteiger partial charge in [-0.15, -0.1) is 0 Å². The van der Waals surface area contributed by atoms with Crippen LogP contribution < -0.4 is 9.47 Å². The number of non-ortho nitro benzene ring substituents is 1. The Morgan fingerprint density at radius 2 is 1.77 bits per heavy atom. The average molecular weight is 638 g/mol. The van der Waals surface area contributed by atoms with Crippen LogP contribution in [0.25, 0.3) is 10.8 Å². The van der Waals surface area contributed by atoms with E-state index in [2.05, 4.69) is 9.72 Å². The Hall–Kier alpha value is -4.36. The second-order valence-electron chi connectivity index (χ2n) is 9.82. The number of alkyl halides is 2. The summed E-state index contributed by atoms with van der Waals surface area (Å²) in [5.74, 6) is -1.92. The van der Waals surface area contributed by atoms with E-state index in [-0.39, 0.29) is 51.0 Å². The fourth-order valence-corrected chi connectivity index (χ4v) is 4.98. The number of carbonyl (C=O) groups excluding carboxylic acids is 1. The molecule has 0 aliphatic heterocycles. The molecule has 0 radical (unpaired) electrons. The SMILES string of the molecule is O=C(Cn1c(O)c2ccc([N+](=O)[O-])cc2c1O)O[C@@H](Cc1c(Cl)cncc1Cl)c1ccc(OC(F)F)c(OCC2CC2)c1. The molecule has 0 bridgehead atoms. The minimum Gasteiger partial charge on any atom is -0.494 e. The zero-order valence-corrected chi connectivity index (χ0v) is 23.6. The van der Waals surface area contributed by atoms with Crippen LogP contribution in [-0.4, -0.2) is 43.9 Å². The van der Waals surface area contributed by atoms with Gasteiger partial charge >= 0.3 is 12.6 Å². The van der Waals surface area contributed by atoms with Gasteiger partial charge < -0.3 is 24.4 Å². The topological polar surface area (TPSA) is 146 Å². The first-order valence-corrected chi connectivity index (χ1v) is 13.6. The van der Waals surface area contributed by atoms with Gasteiger partial charge in [0.25, 0.3) is 5.69 Å². The second kappa shape index (κ2) is 12.5. The molecule has 2 aromatic carbocycles. The maximum Gasteiger partial charge on any atom is 0.387 e. The lowest BCUT2D eigenvalue weighted by Crippen LogP contribution is -2.19. The van der Waals surface area contributed by atoms with Gasteiger partial charge in [0, 0.05) is 36.3 Å². The number of fused-ring (bicyclic) bond motifs is 1. The molecule has 1 atom stereocenters. The first-order valence-electron chi connectivity index (χ1n) is 12.9. The van der Waals surface area contributed by atoms with Crippen molar-refractivity contribution in [1.82, 2.24) is 9.55 Å². The molecule has 1 fully saturated rings. The van der Waals surface area contributed by atoms with Gasteiger partial charge in [-0.2, -0.15) is 8.78 Å². The lowest BCUT2D eigenvalue weighted by atomic mass is 10.0. The van der Waals surface area contributed by atoms with Gasteiger partial charge in [0.2, 0.25) is 11.8 Å². The molecule has 1 aliphatic carbocycles. The highest BCUT2D eigenvalue weighted by Gasteiger charge is 2.27. The molecule has 0 amide bonds. The van der Waals surface area contributed by atoms with E-state index in [4.69, 9.17) is 32.7 Å². The monoisotopic (exact) mass is 637 g/mol. The van der Waals surface area contributed by atoms with Gasteiger partial charge in [-0.25, -0.2) is 0 Å². The number of halogens is 4. The molecule has 0 unspecified atom stereocenters. The van der Waals surface area contributed by atoms with E-state index < -0.39 is 41.9 Å². The van der Waals surface area contributed by atoms with Crippen LogP contribution in [-0.2, 0) is 22.5 Å². The molecule has 226 valence electrons. The quantitative estimate of drug-likeness (QED) is 0.0998. The fraction of sp³-hybridized carbons (Fsp3) is 0.286. The Balaban J connectivity index is 1.47. The van der Waals surface area contributed by atoms with Crippen molar-refractivity contribution >= 4 is 45.6 Å². The van der Waals surface area contributed by atoms with Crippen LogP contribution in [0.3, 0.4) is 0 Å². The van der Waals surface area contributed by atoms with Crippen molar-refractivity contribution < 1.29 is 42.9 Å². The van der Waals surface area contributed by atoms with Gasteiger partial charge in [0.05, 0.1) is 27.0 Å². The molecule has 0 spiro atoms. The van der Waals surface area contributed by atoms with Crippen LogP contribution in [0.15, 0.2) is 48.8 Å². The standard InChI is InChI=1S/C28H23Cl2F2N3O8/c29-20-10-33-11-21(30)19(20)9-23(15-3-6-22(43-28(31)32)24(7-15)41-13-14-1-2-14)42-25(36)12-34-26(37)17-5-4-16(35(39)40)8-18(17)27(34)38/h3-8,10-11,14,23,28,37-38H,1-2,9,12-13H2/t23-/m0/s1. The van der Waals surface area contributed by atoms with Crippen LogP contribution in [0.4, 0.5) is 14.5 Å². The van der Waals surface area contributed by atoms with E-state index in [9.17, 15) is 33.9 Å². The van der Waals surface area contributed by atoms with Gasteiger partial charge in [-0.1, -0.05) is 29.3 Å². The molecule has 2 N–H and O–H groups in total. The Morgan fingerprint density at radius 1 is 1.07 bits per heavy atom. The van der Waals surface area contributed by atoms with E-state index in [1.54, 1.807) is 0 Å². The number of pyridine rings is 1. The van der Waals surface area contributed by atoms with E-state index in [0.717, 1.165) is 29.5 Å². The number of hydrogen-bond acceptors (Lipinski definition) is 9. The fourth-order valence-electron chi connectivity index (χ4n) is 4.46. The highest BCUT2D eigenvalue weighted by Crippen LogP contribution is 2.40. The number of carbonyl (C=O) groups is 1. The molecule has 2 aromatic heterocycles. The number of nitro benzene ring substituents is 1. The first kappa shape index (κ1) is 30.1. The lowest BCUT2D eigenvalue weighted by molar-refractivity contribution is -0.384. The Bertz CT molecular complexity index is 1680. The zero-order valence-electron chi connectivity index (χ0n) is 22.1. The van der Waals surface area contributed by atoms with Crippen LogP contribution in [0.2, 0.25) is 10.0 Å². The van der Waals surface area contributed by atoms with Crippen molar-refractivity contribution in [3.05, 3.63) is 80.1 Å².